The highest BCUT2D eigenvalue weighted by Gasteiger charge is 2.14. The van der Waals surface area contributed by atoms with Crippen LogP contribution in [-0.4, -0.2) is 29.1 Å². The maximum absolute atomic E-state index is 11.9. The highest BCUT2D eigenvalue weighted by molar-refractivity contribution is 5.85. The number of para-hydroxylation sites is 1. The van der Waals surface area contributed by atoms with Crippen LogP contribution in [0.1, 0.15) is 19.3 Å². The van der Waals surface area contributed by atoms with Crippen molar-refractivity contribution in [1.29, 1.82) is 0 Å². The quantitative estimate of drug-likeness (QED) is 0.853. The molecule has 0 atom stereocenters. The second-order valence-electron chi connectivity index (χ2n) is 5.12. The molecule has 5 heteroatoms. The van der Waals surface area contributed by atoms with E-state index in [-0.39, 0.29) is 5.76 Å². The Kier molecular flexibility index (Phi) is 3.29. The van der Waals surface area contributed by atoms with Gasteiger partial charge in [-0.3, -0.25) is 4.57 Å². The van der Waals surface area contributed by atoms with Crippen LogP contribution < -0.4 is 11.5 Å². The summed E-state index contributed by atoms with van der Waals surface area (Å²) in [4.78, 5) is 14.3. The molecule has 5 nitrogen and oxygen atoms in total. The number of nitrogen functional groups attached to an aromatic ring is 1. The smallest absolute Gasteiger partial charge is 0.408 e. The van der Waals surface area contributed by atoms with Crippen molar-refractivity contribution in [1.82, 2.24) is 9.47 Å². The Morgan fingerprint density at radius 1 is 1.16 bits per heavy atom. The predicted molar refractivity (Wildman–Crippen MR) is 75.2 cm³/mol. The maximum atomic E-state index is 11.9. The fraction of sp³-hybridized carbons (Fsp3) is 0.500. The lowest BCUT2D eigenvalue weighted by molar-refractivity contribution is 0.219. The summed E-state index contributed by atoms with van der Waals surface area (Å²) in [5.41, 5.74) is 7.84. The Labute approximate surface area is 111 Å². The second-order valence-corrected chi connectivity index (χ2v) is 5.12. The highest BCUT2D eigenvalue weighted by Crippen LogP contribution is 2.19. The van der Waals surface area contributed by atoms with E-state index in [1.165, 1.54) is 19.3 Å². The molecular weight excluding hydrogens is 242 g/mol. The number of benzene rings is 1. The summed E-state index contributed by atoms with van der Waals surface area (Å²) in [6.07, 6.45) is 3.82. The zero-order valence-corrected chi connectivity index (χ0v) is 11.0. The van der Waals surface area contributed by atoms with Crippen LogP contribution in [0.3, 0.4) is 0 Å². The first-order chi connectivity index (χ1) is 9.25. The number of nitrogens with zero attached hydrogens (tertiary/aromatic N) is 2. The third-order valence-electron chi connectivity index (χ3n) is 3.81. The Morgan fingerprint density at radius 2 is 1.95 bits per heavy atom. The van der Waals surface area contributed by atoms with Gasteiger partial charge in [-0.05, 0) is 38.1 Å². The predicted octanol–water partition coefficient (Wildman–Crippen LogP) is 1.66. The molecule has 2 N–H and O–H groups in total. The minimum absolute atomic E-state index is 0.315. The Hall–Kier alpha value is -1.75. The highest BCUT2D eigenvalue weighted by atomic mass is 16.4. The molecule has 1 aromatic heterocycles. The van der Waals surface area contributed by atoms with Gasteiger partial charge in [0.25, 0.3) is 0 Å². The molecule has 0 aliphatic carbocycles. The molecule has 0 spiro atoms. The van der Waals surface area contributed by atoms with Crippen molar-refractivity contribution in [2.24, 2.45) is 0 Å². The molecule has 0 saturated carbocycles. The van der Waals surface area contributed by atoms with Gasteiger partial charge in [-0.15, -0.1) is 0 Å². The van der Waals surface area contributed by atoms with Crippen molar-refractivity contribution in [2.75, 3.05) is 25.4 Å². The summed E-state index contributed by atoms with van der Waals surface area (Å²) in [5.74, 6) is -0.315. The van der Waals surface area contributed by atoms with Crippen molar-refractivity contribution in [3.05, 3.63) is 28.7 Å². The number of likely N-dealkylation sites (tertiary alicyclic amines) is 1. The largest absolute Gasteiger partial charge is 0.420 e. The first kappa shape index (κ1) is 12.3. The Bertz CT molecular complexity index is 623. The first-order valence-electron chi connectivity index (χ1n) is 6.86. The Morgan fingerprint density at radius 3 is 2.74 bits per heavy atom. The minimum atomic E-state index is -0.315. The van der Waals surface area contributed by atoms with E-state index in [1.807, 2.05) is 0 Å². The lowest BCUT2D eigenvalue weighted by Crippen LogP contribution is -2.34. The van der Waals surface area contributed by atoms with Crippen molar-refractivity contribution in [2.45, 2.75) is 25.8 Å². The molecule has 102 valence electrons. The number of fused-ring (bicyclic) bond motifs is 1. The van der Waals surface area contributed by atoms with E-state index >= 15 is 0 Å². The molecule has 2 heterocycles. The fourth-order valence-electron chi connectivity index (χ4n) is 2.78. The normalized spacial score (nSPS) is 17.1. The number of piperidine rings is 1. The van der Waals surface area contributed by atoms with Crippen LogP contribution in [0.25, 0.3) is 11.1 Å². The molecule has 3 rings (SSSR count). The standard InChI is InChI=1S/C14H19N3O2/c15-11-5-4-6-12-13(11)17(14(18)19-12)10-9-16-7-2-1-3-8-16/h4-6H,1-3,7-10,15H2. The zero-order chi connectivity index (χ0) is 13.2. The van der Waals surface area contributed by atoms with Gasteiger partial charge in [0.1, 0.15) is 5.52 Å². The van der Waals surface area contributed by atoms with Crippen LogP contribution in [0.15, 0.2) is 27.4 Å². The van der Waals surface area contributed by atoms with Crippen molar-refractivity contribution >= 4 is 16.8 Å². The number of oxazole rings is 1. The minimum Gasteiger partial charge on any atom is -0.408 e. The molecular formula is C14H19N3O2. The summed E-state index contributed by atoms with van der Waals surface area (Å²) in [5, 5.41) is 0. The van der Waals surface area contributed by atoms with Gasteiger partial charge in [-0.1, -0.05) is 12.5 Å². The molecule has 0 radical (unpaired) electrons. The van der Waals surface area contributed by atoms with Gasteiger partial charge in [0.2, 0.25) is 0 Å². The van der Waals surface area contributed by atoms with E-state index in [9.17, 15) is 4.79 Å². The number of aromatic nitrogens is 1. The number of rotatable bonds is 3. The number of hydrogen-bond donors (Lipinski definition) is 1. The summed E-state index contributed by atoms with van der Waals surface area (Å²) >= 11 is 0. The maximum Gasteiger partial charge on any atom is 0.420 e. The molecule has 0 amide bonds. The summed E-state index contributed by atoms with van der Waals surface area (Å²) in [6, 6.07) is 5.38. The molecule has 0 bridgehead atoms. The Balaban J connectivity index is 1.84. The molecule has 1 saturated heterocycles. The average Bonchev–Trinajstić information content (AvgIpc) is 2.75. The van der Waals surface area contributed by atoms with Crippen molar-refractivity contribution in [3.63, 3.8) is 0 Å². The van der Waals surface area contributed by atoms with Gasteiger partial charge in [-0.2, -0.15) is 0 Å². The number of hydrogen-bond acceptors (Lipinski definition) is 4. The van der Waals surface area contributed by atoms with E-state index in [2.05, 4.69) is 4.90 Å². The molecule has 1 aromatic carbocycles. The van der Waals surface area contributed by atoms with E-state index in [0.29, 0.717) is 17.8 Å². The van der Waals surface area contributed by atoms with Crippen molar-refractivity contribution in [3.8, 4) is 0 Å². The van der Waals surface area contributed by atoms with Gasteiger partial charge < -0.3 is 15.1 Å². The molecule has 1 aliphatic rings. The van der Waals surface area contributed by atoms with Gasteiger partial charge in [0, 0.05) is 13.1 Å². The monoisotopic (exact) mass is 261 g/mol. The number of anilines is 1. The third kappa shape index (κ3) is 2.38. The van der Waals surface area contributed by atoms with E-state index in [1.54, 1.807) is 22.8 Å². The summed E-state index contributed by atoms with van der Waals surface area (Å²) < 4.78 is 6.88. The zero-order valence-electron chi connectivity index (χ0n) is 11.0. The molecule has 19 heavy (non-hydrogen) atoms. The summed E-state index contributed by atoms with van der Waals surface area (Å²) in [6.45, 7) is 3.77. The van der Waals surface area contributed by atoms with Gasteiger partial charge in [0.15, 0.2) is 5.58 Å². The van der Waals surface area contributed by atoms with Crippen LogP contribution in [0, 0.1) is 0 Å². The molecule has 2 aromatic rings. The van der Waals surface area contributed by atoms with E-state index in [4.69, 9.17) is 10.2 Å². The molecule has 1 aliphatic heterocycles. The SMILES string of the molecule is Nc1cccc2oc(=O)n(CCN3CCCCC3)c12. The van der Waals surface area contributed by atoms with E-state index in [0.717, 1.165) is 25.2 Å². The first-order valence-corrected chi connectivity index (χ1v) is 6.86. The average molecular weight is 261 g/mol. The second kappa shape index (κ2) is 5.09. The topological polar surface area (TPSA) is 64.4 Å². The lowest BCUT2D eigenvalue weighted by atomic mass is 10.1. The van der Waals surface area contributed by atoms with Crippen LogP contribution in [0.5, 0.6) is 0 Å². The molecule has 1 fully saturated rings. The summed E-state index contributed by atoms with van der Waals surface area (Å²) in [7, 11) is 0. The van der Waals surface area contributed by atoms with Gasteiger partial charge >= 0.3 is 5.76 Å². The number of nitrogens with two attached hydrogens (primary N) is 1. The molecule has 0 unspecified atom stereocenters. The van der Waals surface area contributed by atoms with Gasteiger partial charge in [-0.25, -0.2) is 4.79 Å². The van der Waals surface area contributed by atoms with Crippen LogP contribution in [0.4, 0.5) is 5.69 Å². The van der Waals surface area contributed by atoms with Crippen molar-refractivity contribution < 1.29 is 4.42 Å². The van der Waals surface area contributed by atoms with Crippen LogP contribution >= 0.6 is 0 Å². The van der Waals surface area contributed by atoms with Gasteiger partial charge in [0.05, 0.1) is 5.69 Å². The van der Waals surface area contributed by atoms with Crippen LogP contribution in [0.2, 0.25) is 0 Å². The lowest BCUT2D eigenvalue weighted by Gasteiger charge is -2.26. The third-order valence-corrected chi connectivity index (χ3v) is 3.81. The van der Waals surface area contributed by atoms with E-state index < -0.39 is 0 Å². The van der Waals surface area contributed by atoms with Crippen LogP contribution in [-0.2, 0) is 6.54 Å². The fourth-order valence-corrected chi connectivity index (χ4v) is 2.78.